The summed E-state index contributed by atoms with van der Waals surface area (Å²) in [6.07, 6.45) is 6.34. The van der Waals surface area contributed by atoms with Crippen LogP contribution >= 0.6 is 15.9 Å². The largest absolute Gasteiger partial charge is 0.490 e. The first kappa shape index (κ1) is 15.0. The fourth-order valence-corrected chi connectivity index (χ4v) is 2.27. The number of unbranched alkanes of at least 4 members (excludes halogenated alkanes) is 3. The Hall–Kier alpha value is -1.01. The quantitative estimate of drug-likeness (QED) is 0.660. The van der Waals surface area contributed by atoms with Gasteiger partial charge in [0.05, 0.1) is 22.2 Å². The van der Waals surface area contributed by atoms with Crippen molar-refractivity contribution in [2.24, 2.45) is 0 Å². The SMILES string of the molecule is CCCCCCC(C)Oc1ccc(C#N)cc1Br. The van der Waals surface area contributed by atoms with Crippen molar-refractivity contribution in [3.05, 3.63) is 28.2 Å². The van der Waals surface area contributed by atoms with Crippen molar-refractivity contribution >= 4 is 15.9 Å². The van der Waals surface area contributed by atoms with Crippen LogP contribution in [0.1, 0.15) is 51.5 Å². The number of rotatable bonds is 7. The van der Waals surface area contributed by atoms with Crippen molar-refractivity contribution in [1.29, 1.82) is 5.26 Å². The molecule has 0 heterocycles. The minimum Gasteiger partial charge on any atom is -0.490 e. The molecule has 1 atom stereocenters. The van der Waals surface area contributed by atoms with Crippen LogP contribution in [0.2, 0.25) is 0 Å². The van der Waals surface area contributed by atoms with Gasteiger partial charge in [-0.05, 0) is 53.9 Å². The minimum atomic E-state index is 0.214. The molecule has 0 bridgehead atoms. The molecular formula is C15H20BrNO. The first-order valence-electron chi connectivity index (χ1n) is 6.53. The molecule has 0 aliphatic heterocycles. The second-order valence-corrected chi connectivity index (χ2v) is 5.39. The lowest BCUT2D eigenvalue weighted by molar-refractivity contribution is 0.205. The van der Waals surface area contributed by atoms with Crippen molar-refractivity contribution in [1.82, 2.24) is 0 Å². The Bertz CT molecular complexity index is 411. The Morgan fingerprint density at radius 1 is 1.33 bits per heavy atom. The van der Waals surface area contributed by atoms with E-state index in [1.54, 1.807) is 12.1 Å². The van der Waals surface area contributed by atoms with Crippen molar-refractivity contribution in [2.75, 3.05) is 0 Å². The smallest absolute Gasteiger partial charge is 0.133 e. The molecule has 0 saturated carbocycles. The molecule has 0 fully saturated rings. The summed E-state index contributed by atoms with van der Waals surface area (Å²) >= 11 is 3.43. The molecule has 98 valence electrons. The Morgan fingerprint density at radius 3 is 2.72 bits per heavy atom. The molecule has 0 radical (unpaired) electrons. The Balaban J connectivity index is 2.44. The fraction of sp³-hybridized carbons (Fsp3) is 0.533. The zero-order valence-electron chi connectivity index (χ0n) is 11.1. The van der Waals surface area contributed by atoms with E-state index in [4.69, 9.17) is 10.00 Å². The van der Waals surface area contributed by atoms with Gasteiger partial charge in [-0.3, -0.25) is 0 Å². The molecule has 1 aromatic carbocycles. The van der Waals surface area contributed by atoms with Crippen molar-refractivity contribution in [2.45, 2.75) is 52.1 Å². The van der Waals surface area contributed by atoms with E-state index in [-0.39, 0.29) is 6.10 Å². The first-order valence-corrected chi connectivity index (χ1v) is 7.33. The van der Waals surface area contributed by atoms with Crippen LogP contribution < -0.4 is 4.74 Å². The topological polar surface area (TPSA) is 33.0 Å². The number of halogens is 1. The highest BCUT2D eigenvalue weighted by Crippen LogP contribution is 2.27. The molecule has 1 unspecified atom stereocenters. The molecule has 0 amide bonds. The zero-order chi connectivity index (χ0) is 13.4. The Kier molecular flexibility index (Phi) is 6.82. The highest BCUT2D eigenvalue weighted by molar-refractivity contribution is 9.10. The predicted octanol–water partition coefficient (Wildman–Crippen LogP) is 5.06. The Morgan fingerprint density at radius 2 is 2.11 bits per heavy atom. The van der Waals surface area contributed by atoms with Crippen LogP contribution in [0, 0.1) is 11.3 Å². The molecule has 0 spiro atoms. The van der Waals surface area contributed by atoms with Gasteiger partial charge in [0.25, 0.3) is 0 Å². The maximum Gasteiger partial charge on any atom is 0.133 e. The number of hydrogen-bond acceptors (Lipinski definition) is 2. The zero-order valence-corrected chi connectivity index (χ0v) is 12.7. The molecule has 0 aliphatic rings. The second-order valence-electron chi connectivity index (χ2n) is 4.53. The Labute approximate surface area is 118 Å². The summed E-state index contributed by atoms with van der Waals surface area (Å²) in [6.45, 7) is 4.31. The molecule has 0 aliphatic carbocycles. The predicted molar refractivity (Wildman–Crippen MR) is 77.7 cm³/mol. The monoisotopic (exact) mass is 309 g/mol. The molecule has 0 aromatic heterocycles. The van der Waals surface area contributed by atoms with Crippen LogP contribution in [0.3, 0.4) is 0 Å². The molecule has 1 aromatic rings. The minimum absolute atomic E-state index is 0.214. The van der Waals surface area contributed by atoms with Crippen molar-refractivity contribution < 1.29 is 4.74 Å². The highest BCUT2D eigenvalue weighted by atomic mass is 79.9. The summed E-state index contributed by atoms with van der Waals surface area (Å²) in [5.41, 5.74) is 0.643. The summed E-state index contributed by atoms with van der Waals surface area (Å²) in [5, 5.41) is 8.79. The van der Waals surface area contributed by atoms with Crippen molar-refractivity contribution in [3.8, 4) is 11.8 Å². The third-order valence-corrected chi connectivity index (χ3v) is 3.47. The van der Waals surface area contributed by atoms with Crippen LogP contribution in [0.4, 0.5) is 0 Å². The average Bonchev–Trinajstić information content (AvgIpc) is 2.37. The van der Waals surface area contributed by atoms with Gasteiger partial charge in [-0.25, -0.2) is 0 Å². The summed E-state index contributed by atoms with van der Waals surface area (Å²) in [6, 6.07) is 7.54. The summed E-state index contributed by atoms with van der Waals surface area (Å²) in [4.78, 5) is 0. The van der Waals surface area contributed by atoms with E-state index in [0.717, 1.165) is 16.6 Å². The van der Waals surface area contributed by atoms with Gasteiger partial charge in [-0.2, -0.15) is 5.26 Å². The number of nitriles is 1. The average molecular weight is 310 g/mol. The van der Waals surface area contributed by atoms with E-state index in [0.29, 0.717) is 5.56 Å². The van der Waals surface area contributed by atoms with Crippen LogP contribution in [0.25, 0.3) is 0 Å². The number of ether oxygens (including phenoxy) is 1. The maximum absolute atomic E-state index is 8.79. The van der Waals surface area contributed by atoms with Gasteiger partial charge in [0.15, 0.2) is 0 Å². The fourth-order valence-electron chi connectivity index (χ4n) is 1.80. The third kappa shape index (κ3) is 5.10. The van der Waals surface area contributed by atoms with E-state index < -0.39 is 0 Å². The molecule has 0 saturated heterocycles. The lowest BCUT2D eigenvalue weighted by Crippen LogP contribution is -2.11. The number of benzene rings is 1. The normalized spacial score (nSPS) is 11.9. The van der Waals surface area contributed by atoms with Crippen LogP contribution in [0.15, 0.2) is 22.7 Å². The lowest BCUT2D eigenvalue weighted by atomic mass is 10.1. The summed E-state index contributed by atoms with van der Waals surface area (Å²) in [7, 11) is 0. The van der Waals surface area contributed by atoms with Gasteiger partial charge >= 0.3 is 0 Å². The maximum atomic E-state index is 8.79. The van der Waals surface area contributed by atoms with Gasteiger partial charge in [0.2, 0.25) is 0 Å². The van der Waals surface area contributed by atoms with E-state index >= 15 is 0 Å². The molecule has 0 N–H and O–H groups in total. The van der Waals surface area contributed by atoms with Crippen LogP contribution in [0.5, 0.6) is 5.75 Å². The molecule has 18 heavy (non-hydrogen) atoms. The van der Waals surface area contributed by atoms with Gasteiger partial charge < -0.3 is 4.74 Å². The molecule has 3 heteroatoms. The molecule has 1 rings (SSSR count). The number of nitrogens with zero attached hydrogens (tertiary/aromatic N) is 1. The van der Waals surface area contributed by atoms with Crippen LogP contribution in [-0.4, -0.2) is 6.10 Å². The van der Waals surface area contributed by atoms with E-state index in [1.807, 2.05) is 6.07 Å². The summed E-state index contributed by atoms with van der Waals surface area (Å²) in [5.74, 6) is 0.817. The third-order valence-electron chi connectivity index (χ3n) is 2.85. The van der Waals surface area contributed by atoms with Crippen molar-refractivity contribution in [3.63, 3.8) is 0 Å². The van der Waals surface area contributed by atoms with E-state index in [2.05, 4.69) is 35.8 Å². The highest BCUT2D eigenvalue weighted by Gasteiger charge is 2.07. The van der Waals surface area contributed by atoms with E-state index in [9.17, 15) is 0 Å². The number of hydrogen-bond donors (Lipinski definition) is 0. The van der Waals surface area contributed by atoms with Gasteiger partial charge in [0, 0.05) is 0 Å². The van der Waals surface area contributed by atoms with E-state index in [1.165, 1.54) is 25.7 Å². The van der Waals surface area contributed by atoms with Crippen LogP contribution in [-0.2, 0) is 0 Å². The van der Waals surface area contributed by atoms with Gasteiger partial charge in [-0.1, -0.05) is 26.2 Å². The summed E-state index contributed by atoms with van der Waals surface area (Å²) < 4.78 is 6.72. The van der Waals surface area contributed by atoms with Gasteiger partial charge in [0.1, 0.15) is 5.75 Å². The molecular weight excluding hydrogens is 290 g/mol. The van der Waals surface area contributed by atoms with Gasteiger partial charge in [-0.15, -0.1) is 0 Å². The second kappa shape index (κ2) is 8.16. The molecule has 2 nitrogen and oxygen atoms in total. The standard InChI is InChI=1S/C15H20BrNO/c1-3-4-5-6-7-12(2)18-15-9-8-13(11-17)10-14(15)16/h8-10,12H,3-7H2,1-2H3. The first-order chi connectivity index (χ1) is 8.67. The lowest BCUT2D eigenvalue weighted by Gasteiger charge is -2.15.